The minimum Gasteiger partial charge on any atom is -0.311 e. The molecule has 0 saturated carbocycles. The first kappa shape index (κ1) is 41.6. The fraction of sp³-hybridized carbons (Fsp3) is 0.246. The van der Waals surface area contributed by atoms with E-state index in [1.165, 1.54) is 116 Å². The summed E-state index contributed by atoms with van der Waals surface area (Å²) in [5.74, 6) is 0. The average Bonchev–Trinajstić information content (AvgIpc) is 3.67. The van der Waals surface area contributed by atoms with E-state index in [4.69, 9.17) is 0 Å². The maximum atomic E-state index is 2.62. The molecule has 1 aliphatic carbocycles. The zero-order chi connectivity index (χ0) is 45.2. The van der Waals surface area contributed by atoms with Crippen LogP contribution in [0.15, 0.2) is 152 Å². The second-order valence-corrected chi connectivity index (χ2v) is 22.9. The minimum atomic E-state index is -0.0316. The number of hydrogen-bond acceptors (Lipinski definition) is 3. The van der Waals surface area contributed by atoms with Gasteiger partial charge in [0.05, 0.1) is 5.69 Å². The number of hydrogen-bond donors (Lipinski definition) is 0. The number of benzene rings is 7. The van der Waals surface area contributed by atoms with E-state index in [1.54, 1.807) is 0 Å². The first-order chi connectivity index (χ1) is 31.0. The number of aryl methyl sites for hydroxylation is 2. The highest BCUT2D eigenvalue weighted by Crippen LogP contribution is 2.49. The standard InChI is InChI=1S/C61H59BN2S/c1-38-33-54-57-55(34-38)64(51-31-26-41(59(2,3)4)35-48(51)39-17-12-11-13-18-39)53-37-43(61(8,9)10)25-30-49(53)62(57)50-36-42(60(5,6)7)27-32-52(50)63(54)44-28-23-40(24-29-44)45-20-16-21-47-46-19-14-15-22-56(46)65-58(45)47/h11-15,17-20,22-37H,16,21H2,1-10H3. The van der Waals surface area contributed by atoms with Gasteiger partial charge < -0.3 is 9.80 Å². The molecular formula is C61H59BN2S. The molecule has 2 aliphatic heterocycles. The van der Waals surface area contributed by atoms with Gasteiger partial charge in [-0.15, -0.1) is 11.3 Å². The van der Waals surface area contributed by atoms with Crippen LogP contribution in [0.3, 0.4) is 0 Å². The van der Waals surface area contributed by atoms with Gasteiger partial charge in [-0.3, -0.25) is 0 Å². The summed E-state index contributed by atoms with van der Waals surface area (Å²) in [4.78, 5) is 6.62. The first-order valence-electron chi connectivity index (χ1n) is 23.6. The molecule has 65 heavy (non-hydrogen) atoms. The monoisotopic (exact) mass is 862 g/mol. The van der Waals surface area contributed by atoms with Crippen LogP contribution < -0.4 is 26.2 Å². The average molecular weight is 863 g/mol. The number of rotatable bonds is 4. The summed E-state index contributed by atoms with van der Waals surface area (Å²) in [6.45, 7) is 23.3. The van der Waals surface area contributed by atoms with Crippen LogP contribution >= 0.6 is 11.3 Å². The third kappa shape index (κ3) is 6.90. The Morgan fingerprint density at radius 3 is 1.83 bits per heavy atom. The Morgan fingerprint density at radius 2 is 1.12 bits per heavy atom. The Hall–Kier alpha value is -6.10. The van der Waals surface area contributed by atoms with Crippen molar-refractivity contribution in [2.45, 2.75) is 98.3 Å². The van der Waals surface area contributed by atoms with Crippen molar-refractivity contribution >= 4 is 84.2 Å². The molecule has 322 valence electrons. The molecule has 0 bridgehead atoms. The summed E-state index contributed by atoms with van der Waals surface area (Å²) < 4.78 is 1.38. The summed E-state index contributed by atoms with van der Waals surface area (Å²) >= 11 is 1.94. The van der Waals surface area contributed by atoms with Crippen LogP contribution in [-0.4, -0.2) is 6.71 Å². The second-order valence-electron chi connectivity index (χ2n) is 21.8. The Kier molecular flexibility index (Phi) is 9.58. The Balaban J connectivity index is 1.16. The first-order valence-corrected chi connectivity index (χ1v) is 24.4. The lowest BCUT2D eigenvalue weighted by molar-refractivity contribution is 0.590. The SMILES string of the molecule is Cc1cc2c3c(c1)N(c1ccc(C(C)(C)C)cc1-c1ccccc1)c1cc(C(C)(C)C)ccc1B3c1cc(C(C)(C)C)ccc1N2c1ccc(C2=CCCc3c2sc2ccccc32)cc1. The Morgan fingerprint density at radius 1 is 0.508 bits per heavy atom. The summed E-state index contributed by atoms with van der Waals surface area (Å²) in [6, 6.07) is 56.3. The van der Waals surface area contributed by atoms with Crippen molar-refractivity contribution < 1.29 is 0 Å². The van der Waals surface area contributed by atoms with Crippen molar-refractivity contribution in [1.82, 2.24) is 0 Å². The smallest absolute Gasteiger partial charge is 0.252 e. The van der Waals surface area contributed by atoms with Crippen molar-refractivity contribution in [3.8, 4) is 11.1 Å². The molecule has 0 N–H and O–H groups in total. The molecule has 0 atom stereocenters. The van der Waals surface area contributed by atoms with E-state index in [0.29, 0.717) is 0 Å². The van der Waals surface area contributed by atoms with Crippen LogP contribution in [0.2, 0.25) is 0 Å². The van der Waals surface area contributed by atoms with Gasteiger partial charge in [0.2, 0.25) is 0 Å². The molecular weight excluding hydrogens is 804 g/mol. The Bertz CT molecular complexity index is 3220. The minimum absolute atomic E-state index is 0.00687. The number of nitrogens with zero attached hydrogens (tertiary/aromatic N) is 2. The van der Waals surface area contributed by atoms with Crippen molar-refractivity contribution in [3.63, 3.8) is 0 Å². The van der Waals surface area contributed by atoms with Gasteiger partial charge in [-0.05, 0) is 157 Å². The lowest BCUT2D eigenvalue weighted by Crippen LogP contribution is -2.61. The molecule has 8 aromatic rings. The number of allylic oxidation sites excluding steroid dienone is 1. The topological polar surface area (TPSA) is 6.48 Å². The van der Waals surface area contributed by atoms with Crippen molar-refractivity contribution in [1.29, 1.82) is 0 Å². The van der Waals surface area contributed by atoms with E-state index in [9.17, 15) is 0 Å². The predicted octanol–water partition coefficient (Wildman–Crippen LogP) is 15.2. The highest BCUT2D eigenvalue weighted by molar-refractivity contribution is 7.20. The van der Waals surface area contributed by atoms with E-state index in [1.807, 2.05) is 11.3 Å². The predicted molar refractivity (Wildman–Crippen MR) is 284 cm³/mol. The molecule has 7 aromatic carbocycles. The molecule has 4 heteroatoms. The van der Waals surface area contributed by atoms with Crippen LogP contribution in [0.1, 0.15) is 107 Å². The quantitative estimate of drug-likeness (QED) is 0.163. The molecule has 3 aliphatic rings. The van der Waals surface area contributed by atoms with Gasteiger partial charge in [0.1, 0.15) is 0 Å². The van der Waals surface area contributed by atoms with Crippen LogP contribution in [0.5, 0.6) is 0 Å². The summed E-state index contributed by atoms with van der Waals surface area (Å²) in [5.41, 5.74) is 23.3. The molecule has 0 saturated heterocycles. The zero-order valence-electron chi connectivity index (χ0n) is 39.7. The van der Waals surface area contributed by atoms with E-state index in [0.717, 1.165) is 12.8 Å². The van der Waals surface area contributed by atoms with Crippen LogP contribution in [0.25, 0.3) is 26.8 Å². The van der Waals surface area contributed by atoms with Gasteiger partial charge in [0, 0.05) is 43.6 Å². The van der Waals surface area contributed by atoms with Crippen molar-refractivity contribution in [3.05, 3.63) is 190 Å². The molecule has 0 fully saturated rings. The number of fused-ring (bicyclic) bond motifs is 7. The van der Waals surface area contributed by atoms with Gasteiger partial charge in [-0.1, -0.05) is 159 Å². The van der Waals surface area contributed by atoms with Gasteiger partial charge in [-0.2, -0.15) is 0 Å². The van der Waals surface area contributed by atoms with Crippen molar-refractivity contribution in [2.24, 2.45) is 0 Å². The third-order valence-electron chi connectivity index (χ3n) is 14.3. The molecule has 3 heterocycles. The molecule has 2 nitrogen and oxygen atoms in total. The lowest BCUT2D eigenvalue weighted by atomic mass is 9.33. The maximum absolute atomic E-state index is 2.62. The largest absolute Gasteiger partial charge is 0.311 e. The van der Waals surface area contributed by atoms with Gasteiger partial charge in [0.25, 0.3) is 6.71 Å². The normalized spacial score (nSPS) is 14.5. The highest BCUT2D eigenvalue weighted by Gasteiger charge is 2.44. The van der Waals surface area contributed by atoms with E-state index >= 15 is 0 Å². The van der Waals surface area contributed by atoms with Crippen molar-refractivity contribution in [2.75, 3.05) is 9.80 Å². The van der Waals surface area contributed by atoms with Gasteiger partial charge in [0.15, 0.2) is 0 Å². The van der Waals surface area contributed by atoms with E-state index in [-0.39, 0.29) is 23.0 Å². The molecule has 11 rings (SSSR count). The number of anilines is 6. The van der Waals surface area contributed by atoms with E-state index < -0.39 is 0 Å². The lowest BCUT2D eigenvalue weighted by Gasteiger charge is -2.45. The summed E-state index contributed by atoms with van der Waals surface area (Å²) in [7, 11) is 0. The van der Waals surface area contributed by atoms with Crippen LogP contribution in [-0.2, 0) is 22.7 Å². The Labute approximate surface area is 391 Å². The van der Waals surface area contributed by atoms with E-state index in [2.05, 4.69) is 231 Å². The maximum Gasteiger partial charge on any atom is 0.252 e. The summed E-state index contributed by atoms with van der Waals surface area (Å²) in [6.07, 6.45) is 4.64. The third-order valence-corrected chi connectivity index (χ3v) is 15.5. The summed E-state index contributed by atoms with van der Waals surface area (Å²) in [5, 5.41) is 1.42. The van der Waals surface area contributed by atoms with Gasteiger partial charge >= 0.3 is 0 Å². The number of thiophene rings is 1. The van der Waals surface area contributed by atoms with Gasteiger partial charge in [-0.25, -0.2) is 0 Å². The fourth-order valence-corrected chi connectivity index (χ4v) is 12.0. The molecule has 0 unspecified atom stereocenters. The molecule has 0 radical (unpaired) electrons. The second kappa shape index (κ2) is 15.0. The fourth-order valence-electron chi connectivity index (χ4n) is 10.7. The zero-order valence-corrected chi connectivity index (χ0v) is 40.5. The molecule has 0 amide bonds. The van der Waals surface area contributed by atoms with Crippen LogP contribution in [0, 0.1) is 6.92 Å². The van der Waals surface area contributed by atoms with Crippen LogP contribution in [0.4, 0.5) is 34.1 Å². The highest BCUT2D eigenvalue weighted by atomic mass is 32.1. The molecule has 0 spiro atoms. The molecule has 1 aromatic heterocycles.